The molecule has 118 valence electrons. The molecule has 0 fully saturated rings. The van der Waals surface area contributed by atoms with Gasteiger partial charge in [-0.25, -0.2) is 9.37 Å². The van der Waals surface area contributed by atoms with Crippen molar-refractivity contribution >= 4 is 28.8 Å². The molecular formula is C17H15ClFN3O. The van der Waals surface area contributed by atoms with Crippen LogP contribution in [0.15, 0.2) is 36.5 Å². The lowest BCUT2D eigenvalue weighted by molar-refractivity contribution is -0.115. The Morgan fingerprint density at radius 1 is 1.35 bits per heavy atom. The molecule has 0 saturated carbocycles. The summed E-state index contributed by atoms with van der Waals surface area (Å²) in [6.45, 7) is 3.86. The van der Waals surface area contributed by atoms with Crippen molar-refractivity contribution in [2.24, 2.45) is 0 Å². The third kappa shape index (κ3) is 3.05. The highest BCUT2D eigenvalue weighted by molar-refractivity contribution is 6.31. The molecule has 0 saturated heterocycles. The van der Waals surface area contributed by atoms with Crippen molar-refractivity contribution in [3.8, 4) is 0 Å². The first-order valence-corrected chi connectivity index (χ1v) is 7.51. The fourth-order valence-corrected chi connectivity index (χ4v) is 2.69. The minimum absolute atomic E-state index is 0.0237. The Kier molecular flexibility index (Phi) is 4.05. The summed E-state index contributed by atoms with van der Waals surface area (Å²) in [5.74, 6) is -0.725. The number of pyridine rings is 1. The predicted octanol–water partition coefficient (Wildman–Crippen LogP) is 3.92. The number of benzene rings is 1. The number of imidazole rings is 1. The van der Waals surface area contributed by atoms with Crippen LogP contribution in [0.5, 0.6) is 0 Å². The van der Waals surface area contributed by atoms with Crippen LogP contribution >= 0.6 is 11.6 Å². The third-order valence-electron chi connectivity index (χ3n) is 3.68. The fourth-order valence-electron chi connectivity index (χ4n) is 2.51. The number of hydrogen-bond donors (Lipinski definition) is 1. The van der Waals surface area contributed by atoms with Gasteiger partial charge in [-0.05, 0) is 43.7 Å². The van der Waals surface area contributed by atoms with Gasteiger partial charge in [0.25, 0.3) is 0 Å². The van der Waals surface area contributed by atoms with Crippen molar-refractivity contribution in [2.45, 2.75) is 20.3 Å². The van der Waals surface area contributed by atoms with Crippen LogP contribution in [0.2, 0.25) is 5.02 Å². The number of hydrogen-bond acceptors (Lipinski definition) is 2. The second kappa shape index (κ2) is 6.01. The van der Waals surface area contributed by atoms with Gasteiger partial charge in [-0.3, -0.25) is 4.79 Å². The molecule has 0 aliphatic heterocycles. The Morgan fingerprint density at radius 2 is 2.13 bits per heavy atom. The average Bonchev–Trinajstić information content (AvgIpc) is 2.81. The highest BCUT2D eigenvalue weighted by atomic mass is 35.5. The van der Waals surface area contributed by atoms with Gasteiger partial charge < -0.3 is 9.72 Å². The molecule has 2 aromatic heterocycles. The van der Waals surface area contributed by atoms with Crippen molar-refractivity contribution in [3.63, 3.8) is 0 Å². The summed E-state index contributed by atoms with van der Waals surface area (Å²) in [5, 5.41) is 2.70. The topological polar surface area (TPSA) is 46.4 Å². The quantitative estimate of drug-likeness (QED) is 0.790. The highest BCUT2D eigenvalue weighted by Gasteiger charge is 2.14. The standard InChI is InChI=1S/C17H15ClFN3O/c1-10-4-3-7-22-15(11(2)20-17(10)22)9-16(23)21-12-5-6-14(19)13(18)8-12/h3-8H,9H2,1-2H3,(H,21,23). The molecule has 3 aromatic rings. The van der Waals surface area contributed by atoms with Crippen molar-refractivity contribution in [2.75, 3.05) is 5.32 Å². The van der Waals surface area contributed by atoms with Gasteiger partial charge in [0.2, 0.25) is 5.91 Å². The Hall–Kier alpha value is -2.40. The molecule has 0 aliphatic rings. The van der Waals surface area contributed by atoms with E-state index in [1.54, 1.807) is 0 Å². The number of amides is 1. The average molecular weight is 332 g/mol. The van der Waals surface area contributed by atoms with Gasteiger partial charge in [0.05, 0.1) is 22.8 Å². The Labute approximate surface area is 137 Å². The van der Waals surface area contributed by atoms with Crippen LogP contribution in [0, 0.1) is 19.7 Å². The summed E-state index contributed by atoms with van der Waals surface area (Å²) in [6, 6.07) is 7.99. The summed E-state index contributed by atoms with van der Waals surface area (Å²) >= 11 is 5.72. The molecule has 23 heavy (non-hydrogen) atoms. The lowest BCUT2D eigenvalue weighted by atomic mass is 10.2. The maximum atomic E-state index is 13.2. The van der Waals surface area contributed by atoms with E-state index < -0.39 is 5.82 Å². The summed E-state index contributed by atoms with van der Waals surface area (Å²) in [7, 11) is 0. The van der Waals surface area contributed by atoms with Crippen molar-refractivity contribution < 1.29 is 9.18 Å². The first-order chi connectivity index (χ1) is 11.0. The van der Waals surface area contributed by atoms with Crippen LogP contribution in [0.3, 0.4) is 0 Å². The van der Waals surface area contributed by atoms with E-state index in [1.807, 2.05) is 36.6 Å². The first kappa shape index (κ1) is 15.5. The number of halogens is 2. The molecule has 1 amide bonds. The number of carbonyl (C=O) groups excluding carboxylic acids is 1. The van der Waals surface area contributed by atoms with Gasteiger partial charge in [0.1, 0.15) is 11.5 Å². The van der Waals surface area contributed by atoms with Gasteiger partial charge >= 0.3 is 0 Å². The molecular weight excluding hydrogens is 317 g/mol. The van der Waals surface area contributed by atoms with Crippen LogP contribution in [0.4, 0.5) is 10.1 Å². The van der Waals surface area contributed by atoms with Gasteiger partial charge in [-0.1, -0.05) is 17.7 Å². The van der Waals surface area contributed by atoms with Crippen LogP contribution in [0.1, 0.15) is 17.0 Å². The van der Waals surface area contributed by atoms with Crippen LogP contribution < -0.4 is 5.32 Å². The number of nitrogens with one attached hydrogen (secondary N) is 1. The summed E-state index contributed by atoms with van der Waals surface area (Å²) in [4.78, 5) is 16.8. The number of rotatable bonds is 3. The first-order valence-electron chi connectivity index (χ1n) is 7.14. The normalized spacial score (nSPS) is 11.0. The van der Waals surface area contributed by atoms with E-state index in [1.165, 1.54) is 18.2 Å². The molecule has 2 heterocycles. The molecule has 0 radical (unpaired) electrons. The molecule has 4 nitrogen and oxygen atoms in total. The van der Waals surface area contributed by atoms with E-state index in [-0.39, 0.29) is 17.4 Å². The molecule has 3 rings (SSSR count). The zero-order valence-electron chi connectivity index (χ0n) is 12.7. The number of fused-ring (bicyclic) bond motifs is 1. The van der Waals surface area contributed by atoms with E-state index >= 15 is 0 Å². The highest BCUT2D eigenvalue weighted by Crippen LogP contribution is 2.20. The van der Waals surface area contributed by atoms with E-state index in [4.69, 9.17) is 11.6 Å². The van der Waals surface area contributed by atoms with Crippen LogP contribution in [-0.4, -0.2) is 15.3 Å². The van der Waals surface area contributed by atoms with Gasteiger partial charge in [-0.15, -0.1) is 0 Å². The van der Waals surface area contributed by atoms with Crippen LogP contribution in [-0.2, 0) is 11.2 Å². The lowest BCUT2D eigenvalue weighted by Crippen LogP contribution is -2.16. The largest absolute Gasteiger partial charge is 0.326 e. The zero-order chi connectivity index (χ0) is 16.6. The maximum absolute atomic E-state index is 13.2. The van der Waals surface area contributed by atoms with E-state index in [0.717, 1.165) is 22.6 Å². The Bertz CT molecular complexity index is 904. The molecule has 0 bridgehead atoms. The minimum atomic E-state index is -0.516. The van der Waals surface area contributed by atoms with E-state index in [2.05, 4.69) is 10.3 Å². The molecule has 1 N–H and O–H groups in total. The fraction of sp³-hybridized carbons (Fsp3) is 0.176. The Balaban J connectivity index is 1.84. The van der Waals surface area contributed by atoms with Crippen molar-refractivity contribution in [1.29, 1.82) is 0 Å². The van der Waals surface area contributed by atoms with E-state index in [0.29, 0.717) is 5.69 Å². The molecule has 0 unspecified atom stereocenters. The maximum Gasteiger partial charge on any atom is 0.230 e. The van der Waals surface area contributed by atoms with Crippen LogP contribution in [0.25, 0.3) is 5.65 Å². The number of nitrogens with zero attached hydrogens (tertiary/aromatic N) is 2. The predicted molar refractivity (Wildman–Crippen MR) is 88.4 cm³/mol. The van der Waals surface area contributed by atoms with Gasteiger partial charge in [0.15, 0.2) is 0 Å². The molecule has 0 aliphatic carbocycles. The molecule has 0 spiro atoms. The van der Waals surface area contributed by atoms with Crippen molar-refractivity contribution in [3.05, 3.63) is 64.3 Å². The molecule has 6 heteroatoms. The van der Waals surface area contributed by atoms with Crippen molar-refractivity contribution in [1.82, 2.24) is 9.38 Å². The second-order valence-electron chi connectivity index (χ2n) is 5.38. The zero-order valence-corrected chi connectivity index (χ0v) is 13.5. The number of anilines is 1. The summed E-state index contributed by atoms with van der Waals surface area (Å²) in [6.07, 6.45) is 2.06. The SMILES string of the molecule is Cc1nc2c(C)cccn2c1CC(=O)Nc1ccc(F)c(Cl)c1. The number of aryl methyl sites for hydroxylation is 2. The second-order valence-corrected chi connectivity index (χ2v) is 5.79. The van der Waals surface area contributed by atoms with Gasteiger partial charge in [-0.2, -0.15) is 0 Å². The summed E-state index contributed by atoms with van der Waals surface area (Å²) in [5.41, 5.74) is 4.00. The smallest absolute Gasteiger partial charge is 0.230 e. The Morgan fingerprint density at radius 3 is 2.87 bits per heavy atom. The van der Waals surface area contributed by atoms with E-state index in [9.17, 15) is 9.18 Å². The lowest BCUT2D eigenvalue weighted by Gasteiger charge is -2.07. The molecule has 0 atom stereocenters. The van der Waals surface area contributed by atoms with Gasteiger partial charge in [0, 0.05) is 11.9 Å². The summed E-state index contributed by atoms with van der Waals surface area (Å²) < 4.78 is 15.1. The number of carbonyl (C=O) groups is 1. The molecule has 1 aromatic carbocycles. The minimum Gasteiger partial charge on any atom is -0.326 e. The third-order valence-corrected chi connectivity index (χ3v) is 3.97. The monoisotopic (exact) mass is 331 g/mol. The number of aromatic nitrogens is 2.